The lowest BCUT2D eigenvalue weighted by Crippen LogP contribution is -1.88. The second-order valence-corrected chi connectivity index (χ2v) is 5.27. The van der Waals surface area contributed by atoms with Gasteiger partial charge >= 0.3 is 0 Å². The third-order valence-electron chi connectivity index (χ3n) is 3.07. The highest BCUT2D eigenvalue weighted by atomic mass is 32.2. The molecule has 0 bridgehead atoms. The van der Waals surface area contributed by atoms with E-state index in [-0.39, 0.29) is 17.3 Å². The summed E-state index contributed by atoms with van der Waals surface area (Å²) in [5.74, 6) is 0.661. The summed E-state index contributed by atoms with van der Waals surface area (Å²) < 4.78 is 5.22. The number of phenolic OH excluding ortho intramolecular Hbond substituents is 1. The number of anilines is 1. The Hall–Kier alpha value is -2.47. The Balaban J connectivity index is 1.97. The van der Waals surface area contributed by atoms with E-state index in [1.54, 1.807) is 30.0 Å². The van der Waals surface area contributed by atoms with Crippen LogP contribution in [0.5, 0.6) is 5.75 Å². The number of nitrogens with zero attached hydrogens (tertiary/aromatic N) is 2. The van der Waals surface area contributed by atoms with Gasteiger partial charge in [-0.05, 0) is 42.7 Å². The van der Waals surface area contributed by atoms with E-state index in [4.69, 9.17) is 10.3 Å². The summed E-state index contributed by atoms with van der Waals surface area (Å²) >= 11 is 1.67. The minimum Gasteiger partial charge on any atom is -0.505 e. The van der Waals surface area contributed by atoms with Gasteiger partial charge < -0.3 is 15.4 Å². The van der Waals surface area contributed by atoms with Crippen LogP contribution in [0.3, 0.4) is 0 Å². The summed E-state index contributed by atoms with van der Waals surface area (Å²) in [6.07, 6.45) is 2.02. The monoisotopic (exact) mass is 299 g/mol. The van der Waals surface area contributed by atoms with Crippen LogP contribution < -0.4 is 5.73 Å². The summed E-state index contributed by atoms with van der Waals surface area (Å²) in [6.45, 7) is 0. The number of aromatic nitrogens is 2. The number of rotatable bonds is 3. The summed E-state index contributed by atoms with van der Waals surface area (Å²) in [5, 5.41) is 13.9. The number of para-hydroxylation sites is 1. The summed E-state index contributed by atoms with van der Waals surface area (Å²) in [5.41, 5.74) is 7.22. The van der Waals surface area contributed by atoms with E-state index in [1.165, 1.54) is 0 Å². The van der Waals surface area contributed by atoms with Crippen LogP contribution in [0.25, 0.3) is 22.8 Å². The van der Waals surface area contributed by atoms with E-state index in [0.29, 0.717) is 11.4 Å². The molecule has 0 atom stereocenters. The first-order valence-corrected chi connectivity index (χ1v) is 7.47. The van der Waals surface area contributed by atoms with E-state index in [0.717, 1.165) is 10.5 Å². The molecule has 0 aliphatic rings. The van der Waals surface area contributed by atoms with Crippen LogP contribution in [-0.2, 0) is 0 Å². The molecule has 0 saturated heterocycles. The van der Waals surface area contributed by atoms with Gasteiger partial charge in [0.05, 0.1) is 11.3 Å². The van der Waals surface area contributed by atoms with Gasteiger partial charge in [0.15, 0.2) is 5.75 Å². The molecular formula is C15H13N3O2S. The predicted octanol–water partition coefficient (Wildman–Crippen LogP) is 3.41. The minimum absolute atomic E-state index is 0.0505. The van der Waals surface area contributed by atoms with Crippen molar-refractivity contribution in [3.63, 3.8) is 0 Å². The standard InChI is InChI=1S/C15H13N3O2S/c1-21-10-7-5-9(6-8-10)14-17-15(20-18-14)11-3-2-4-12(16)13(11)19/h2-8,19H,16H2,1H3. The van der Waals surface area contributed by atoms with Gasteiger partial charge in [0.1, 0.15) is 0 Å². The van der Waals surface area contributed by atoms with Crippen molar-refractivity contribution in [3.8, 4) is 28.6 Å². The molecule has 0 radical (unpaired) electrons. The van der Waals surface area contributed by atoms with E-state index in [2.05, 4.69) is 10.1 Å². The minimum atomic E-state index is -0.0505. The van der Waals surface area contributed by atoms with Crippen molar-refractivity contribution in [1.82, 2.24) is 10.1 Å². The number of nitrogens with two attached hydrogens (primary N) is 1. The van der Waals surface area contributed by atoms with E-state index in [9.17, 15) is 5.11 Å². The molecule has 0 unspecified atom stereocenters. The zero-order chi connectivity index (χ0) is 14.8. The van der Waals surface area contributed by atoms with Crippen LogP contribution in [0.4, 0.5) is 5.69 Å². The Bertz CT molecular complexity index is 769. The predicted molar refractivity (Wildman–Crippen MR) is 83.0 cm³/mol. The molecule has 21 heavy (non-hydrogen) atoms. The molecule has 6 heteroatoms. The van der Waals surface area contributed by atoms with Crippen molar-refractivity contribution in [3.05, 3.63) is 42.5 Å². The molecule has 1 aromatic heterocycles. The molecule has 2 aromatic carbocycles. The van der Waals surface area contributed by atoms with Crippen molar-refractivity contribution >= 4 is 17.4 Å². The number of hydrogen-bond acceptors (Lipinski definition) is 6. The average Bonchev–Trinajstić information content (AvgIpc) is 3.00. The summed E-state index contributed by atoms with van der Waals surface area (Å²) in [6, 6.07) is 12.9. The second kappa shape index (κ2) is 5.49. The largest absolute Gasteiger partial charge is 0.505 e. The number of nitrogen functional groups attached to an aromatic ring is 1. The zero-order valence-corrected chi connectivity index (χ0v) is 12.1. The fraction of sp³-hybridized carbons (Fsp3) is 0.0667. The fourth-order valence-corrected chi connectivity index (χ4v) is 2.33. The topological polar surface area (TPSA) is 85.2 Å². The summed E-state index contributed by atoms with van der Waals surface area (Å²) in [7, 11) is 0. The highest BCUT2D eigenvalue weighted by molar-refractivity contribution is 7.98. The molecule has 106 valence electrons. The van der Waals surface area contributed by atoms with Gasteiger partial charge in [-0.3, -0.25) is 0 Å². The lowest BCUT2D eigenvalue weighted by atomic mass is 10.1. The van der Waals surface area contributed by atoms with Crippen molar-refractivity contribution in [1.29, 1.82) is 0 Å². The Morgan fingerprint density at radius 2 is 1.90 bits per heavy atom. The smallest absolute Gasteiger partial charge is 0.262 e. The summed E-state index contributed by atoms with van der Waals surface area (Å²) in [4.78, 5) is 5.47. The van der Waals surface area contributed by atoms with Crippen LogP contribution in [0, 0.1) is 0 Å². The molecule has 0 amide bonds. The highest BCUT2D eigenvalue weighted by Crippen LogP contribution is 2.33. The highest BCUT2D eigenvalue weighted by Gasteiger charge is 2.15. The lowest BCUT2D eigenvalue weighted by Gasteiger charge is -2.01. The molecule has 3 aromatic rings. The number of benzene rings is 2. The molecule has 0 spiro atoms. The molecular weight excluding hydrogens is 286 g/mol. The first kappa shape index (κ1) is 13.5. The maximum Gasteiger partial charge on any atom is 0.262 e. The number of thioether (sulfide) groups is 1. The van der Waals surface area contributed by atoms with Gasteiger partial charge in [0.25, 0.3) is 5.89 Å². The van der Waals surface area contributed by atoms with Crippen molar-refractivity contribution in [2.24, 2.45) is 0 Å². The van der Waals surface area contributed by atoms with Crippen LogP contribution >= 0.6 is 11.8 Å². The van der Waals surface area contributed by atoms with Crippen molar-refractivity contribution in [2.45, 2.75) is 4.90 Å². The van der Waals surface area contributed by atoms with Crippen LogP contribution in [0.2, 0.25) is 0 Å². The van der Waals surface area contributed by atoms with Gasteiger partial charge in [-0.2, -0.15) is 4.98 Å². The zero-order valence-electron chi connectivity index (χ0n) is 11.3. The molecule has 0 fully saturated rings. The van der Waals surface area contributed by atoms with Gasteiger partial charge in [-0.15, -0.1) is 11.8 Å². The molecule has 0 aliphatic carbocycles. The first-order valence-electron chi connectivity index (χ1n) is 6.25. The molecule has 3 rings (SSSR count). The third kappa shape index (κ3) is 2.57. The molecule has 0 aliphatic heterocycles. The molecule has 5 nitrogen and oxygen atoms in total. The maximum atomic E-state index is 9.94. The number of hydrogen-bond donors (Lipinski definition) is 2. The Morgan fingerprint density at radius 3 is 2.62 bits per heavy atom. The molecule has 1 heterocycles. The van der Waals surface area contributed by atoms with Crippen LogP contribution in [0.1, 0.15) is 0 Å². The van der Waals surface area contributed by atoms with Gasteiger partial charge in [0, 0.05) is 10.5 Å². The Kier molecular flexibility index (Phi) is 3.53. The average molecular weight is 299 g/mol. The SMILES string of the molecule is CSc1ccc(-c2noc(-c3cccc(N)c3O)n2)cc1. The van der Waals surface area contributed by atoms with Gasteiger partial charge in [-0.1, -0.05) is 11.2 Å². The normalized spacial score (nSPS) is 10.7. The Labute approximate surface area is 125 Å². The van der Waals surface area contributed by atoms with Crippen molar-refractivity contribution < 1.29 is 9.63 Å². The fourth-order valence-electron chi connectivity index (χ4n) is 1.92. The molecule has 0 saturated carbocycles. The maximum absolute atomic E-state index is 9.94. The van der Waals surface area contributed by atoms with Crippen LogP contribution in [-0.4, -0.2) is 21.5 Å². The Morgan fingerprint density at radius 1 is 1.14 bits per heavy atom. The van der Waals surface area contributed by atoms with E-state index >= 15 is 0 Å². The lowest BCUT2D eigenvalue weighted by molar-refractivity contribution is 0.426. The second-order valence-electron chi connectivity index (χ2n) is 4.40. The van der Waals surface area contributed by atoms with Crippen LogP contribution in [0.15, 0.2) is 51.9 Å². The first-order chi connectivity index (χ1) is 10.2. The van der Waals surface area contributed by atoms with E-state index in [1.807, 2.05) is 30.5 Å². The number of phenols is 1. The van der Waals surface area contributed by atoms with Gasteiger partial charge in [0.2, 0.25) is 5.82 Å². The van der Waals surface area contributed by atoms with Gasteiger partial charge in [-0.25, -0.2) is 0 Å². The third-order valence-corrected chi connectivity index (χ3v) is 3.82. The molecule has 3 N–H and O–H groups in total. The number of aromatic hydroxyl groups is 1. The quantitative estimate of drug-likeness (QED) is 0.438. The van der Waals surface area contributed by atoms with Crippen molar-refractivity contribution in [2.75, 3.05) is 12.0 Å². The van der Waals surface area contributed by atoms with E-state index < -0.39 is 0 Å².